The molecule has 0 radical (unpaired) electrons. The number of benzene rings is 2. The predicted molar refractivity (Wildman–Crippen MR) is 94.8 cm³/mol. The molecule has 0 aliphatic carbocycles. The topological polar surface area (TPSA) is 46.6 Å². The van der Waals surface area contributed by atoms with E-state index in [1.165, 1.54) is 12.7 Å². The van der Waals surface area contributed by atoms with E-state index < -0.39 is 0 Å². The number of amides is 1. The van der Waals surface area contributed by atoms with Gasteiger partial charge in [-0.25, -0.2) is 4.79 Å². The second-order valence-electron chi connectivity index (χ2n) is 5.60. The van der Waals surface area contributed by atoms with Gasteiger partial charge in [0.25, 0.3) is 0 Å². The fraction of sp³-hybridized carbons (Fsp3) is 0.263. The van der Waals surface area contributed by atoms with Gasteiger partial charge in [0.05, 0.1) is 18.4 Å². The molecule has 2 aromatic rings. The first-order valence-corrected chi connectivity index (χ1v) is 8.87. The summed E-state index contributed by atoms with van der Waals surface area (Å²) in [5.74, 6) is 0.314. The molecule has 1 atom stereocenters. The number of nitrogens with zero attached hydrogens (tertiary/aromatic N) is 1. The smallest absolute Gasteiger partial charge is 0.337 e. The van der Waals surface area contributed by atoms with Crippen LogP contribution in [0.3, 0.4) is 0 Å². The highest BCUT2D eigenvalue weighted by molar-refractivity contribution is 8.00. The third-order valence-electron chi connectivity index (χ3n) is 4.07. The van der Waals surface area contributed by atoms with Gasteiger partial charge in [0.1, 0.15) is 5.37 Å². The third kappa shape index (κ3) is 3.62. The lowest BCUT2D eigenvalue weighted by molar-refractivity contribution is -0.128. The Bertz CT molecular complexity index is 715. The molecule has 0 N–H and O–H groups in total. The molecule has 24 heavy (non-hydrogen) atoms. The van der Waals surface area contributed by atoms with Crippen molar-refractivity contribution in [2.24, 2.45) is 0 Å². The summed E-state index contributed by atoms with van der Waals surface area (Å²) in [6.07, 6.45) is 0.837. The van der Waals surface area contributed by atoms with E-state index in [2.05, 4.69) is 12.1 Å². The quantitative estimate of drug-likeness (QED) is 0.783. The van der Waals surface area contributed by atoms with Gasteiger partial charge < -0.3 is 9.64 Å². The third-order valence-corrected chi connectivity index (χ3v) is 5.33. The van der Waals surface area contributed by atoms with Gasteiger partial charge in [-0.3, -0.25) is 4.79 Å². The molecule has 0 aromatic heterocycles. The van der Waals surface area contributed by atoms with Gasteiger partial charge in [-0.15, -0.1) is 11.8 Å². The SMILES string of the molecule is COC(=O)c1ccc([C@H]2SCC(=O)N2CCc2ccccc2)cc1. The minimum atomic E-state index is -0.349. The number of carbonyl (C=O) groups is 2. The number of esters is 1. The van der Waals surface area contributed by atoms with Crippen molar-refractivity contribution in [3.05, 3.63) is 71.3 Å². The van der Waals surface area contributed by atoms with Crippen molar-refractivity contribution >= 4 is 23.6 Å². The Balaban J connectivity index is 1.71. The summed E-state index contributed by atoms with van der Waals surface area (Å²) in [5.41, 5.74) is 2.78. The van der Waals surface area contributed by atoms with E-state index in [1.54, 1.807) is 23.9 Å². The number of thioether (sulfide) groups is 1. The van der Waals surface area contributed by atoms with Crippen LogP contribution in [-0.4, -0.2) is 36.2 Å². The molecule has 2 aromatic carbocycles. The first-order chi connectivity index (χ1) is 11.7. The predicted octanol–water partition coefficient (Wildman–Crippen LogP) is 3.29. The van der Waals surface area contributed by atoms with E-state index in [0.717, 1.165) is 12.0 Å². The minimum absolute atomic E-state index is 0.00732. The van der Waals surface area contributed by atoms with Gasteiger partial charge in [0.2, 0.25) is 5.91 Å². The second-order valence-corrected chi connectivity index (χ2v) is 6.67. The number of rotatable bonds is 5. The van der Waals surface area contributed by atoms with E-state index in [9.17, 15) is 9.59 Å². The Labute approximate surface area is 145 Å². The lowest BCUT2D eigenvalue weighted by Gasteiger charge is -2.24. The molecule has 1 aliphatic heterocycles. The van der Waals surface area contributed by atoms with Crippen LogP contribution in [0, 0.1) is 0 Å². The summed E-state index contributed by atoms with van der Waals surface area (Å²) < 4.78 is 4.72. The fourth-order valence-electron chi connectivity index (χ4n) is 2.77. The summed E-state index contributed by atoms with van der Waals surface area (Å²) in [7, 11) is 1.37. The number of methoxy groups -OCH3 is 1. The Morgan fingerprint density at radius 3 is 2.54 bits per heavy atom. The van der Waals surface area contributed by atoms with Crippen LogP contribution in [0.15, 0.2) is 54.6 Å². The first kappa shape index (κ1) is 16.6. The molecule has 1 fully saturated rings. The molecule has 1 amide bonds. The van der Waals surface area contributed by atoms with Crippen molar-refractivity contribution in [3.63, 3.8) is 0 Å². The summed E-state index contributed by atoms with van der Waals surface area (Å²) >= 11 is 1.63. The molecule has 1 aliphatic rings. The summed E-state index contributed by atoms with van der Waals surface area (Å²) in [4.78, 5) is 25.7. The normalized spacial score (nSPS) is 17.1. The van der Waals surface area contributed by atoms with Gasteiger partial charge in [-0.05, 0) is 29.7 Å². The summed E-state index contributed by atoms with van der Waals surface area (Å²) in [5, 5.41) is 0.00732. The zero-order valence-corrected chi connectivity index (χ0v) is 14.3. The maximum atomic E-state index is 12.2. The van der Waals surface area contributed by atoms with Crippen molar-refractivity contribution < 1.29 is 14.3 Å². The first-order valence-electron chi connectivity index (χ1n) is 7.82. The lowest BCUT2D eigenvalue weighted by Crippen LogP contribution is -2.30. The van der Waals surface area contributed by atoms with Crippen molar-refractivity contribution in [3.8, 4) is 0 Å². The molecular weight excluding hydrogens is 322 g/mol. The highest BCUT2D eigenvalue weighted by atomic mass is 32.2. The van der Waals surface area contributed by atoms with Crippen LogP contribution in [-0.2, 0) is 16.0 Å². The summed E-state index contributed by atoms with van der Waals surface area (Å²) in [6.45, 7) is 0.694. The lowest BCUT2D eigenvalue weighted by atomic mass is 10.1. The van der Waals surface area contributed by atoms with Crippen LogP contribution in [0.5, 0.6) is 0 Å². The van der Waals surface area contributed by atoms with E-state index in [1.807, 2.05) is 35.2 Å². The maximum absolute atomic E-state index is 12.2. The Morgan fingerprint density at radius 1 is 1.17 bits per heavy atom. The van der Waals surface area contributed by atoms with Crippen molar-refractivity contribution in [1.82, 2.24) is 4.90 Å². The van der Waals surface area contributed by atoms with Crippen LogP contribution in [0.4, 0.5) is 0 Å². The summed E-state index contributed by atoms with van der Waals surface area (Å²) in [6, 6.07) is 17.5. The Hall–Kier alpha value is -2.27. The molecule has 4 nitrogen and oxygen atoms in total. The molecule has 0 spiro atoms. The molecule has 0 bridgehead atoms. The van der Waals surface area contributed by atoms with Crippen LogP contribution in [0.2, 0.25) is 0 Å². The Morgan fingerprint density at radius 2 is 1.88 bits per heavy atom. The molecule has 1 heterocycles. The van der Waals surface area contributed by atoms with Crippen molar-refractivity contribution in [2.75, 3.05) is 19.4 Å². The van der Waals surface area contributed by atoms with Gasteiger partial charge in [-0.1, -0.05) is 42.5 Å². The maximum Gasteiger partial charge on any atom is 0.337 e. The zero-order chi connectivity index (χ0) is 16.9. The van der Waals surface area contributed by atoms with E-state index in [0.29, 0.717) is 17.9 Å². The zero-order valence-electron chi connectivity index (χ0n) is 13.5. The van der Waals surface area contributed by atoms with Crippen LogP contribution in [0.1, 0.15) is 26.9 Å². The molecule has 124 valence electrons. The highest BCUT2D eigenvalue weighted by Crippen LogP contribution is 2.38. The molecular formula is C19H19NO3S. The van der Waals surface area contributed by atoms with Gasteiger partial charge in [0.15, 0.2) is 0 Å². The Kier molecular flexibility index (Phi) is 5.20. The fourth-order valence-corrected chi connectivity index (χ4v) is 3.99. The molecule has 3 rings (SSSR count). The number of ether oxygens (including phenoxy) is 1. The molecule has 0 unspecified atom stereocenters. The van der Waals surface area contributed by atoms with Crippen LogP contribution >= 0.6 is 11.8 Å². The number of carbonyl (C=O) groups excluding carboxylic acids is 2. The van der Waals surface area contributed by atoms with E-state index in [-0.39, 0.29) is 17.3 Å². The highest BCUT2D eigenvalue weighted by Gasteiger charge is 2.32. The number of hydrogen-bond donors (Lipinski definition) is 0. The van der Waals surface area contributed by atoms with Crippen LogP contribution < -0.4 is 0 Å². The second kappa shape index (κ2) is 7.53. The molecule has 1 saturated heterocycles. The van der Waals surface area contributed by atoms with Gasteiger partial charge >= 0.3 is 5.97 Å². The monoisotopic (exact) mass is 341 g/mol. The van der Waals surface area contributed by atoms with E-state index in [4.69, 9.17) is 4.74 Å². The largest absolute Gasteiger partial charge is 0.465 e. The van der Waals surface area contributed by atoms with Gasteiger partial charge in [0, 0.05) is 6.54 Å². The van der Waals surface area contributed by atoms with Crippen molar-refractivity contribution in [1.29, 1.82) is 0 Å². The van der Waals surface area contributed by atoms with Crippen LogP contribution in [0.25, 0.3) is 0 Å². The minimum Gasteiger partial charge on any atom is -0.465 e. The van der Waals surface area contributed by atoms with Gasteiger partial charge in [-0.2, -0.15) is 0 Å². The number of hydrogen-bond acceptors (Lipinski definition) is 4. The average molecular weight is 341 g/mol. The van der Waals surface area contributed by atoms with E-state index >= 15 is 0 Å². The standard InChI is InChI=1S/C19H19NO3S/c1-23-19(22)16-9-7-15(8-10-16)18-20(17(21)13-24-18)12-11-14-5-3-2-4-6-14/h2-10,18H,11-13H2,1H3/t18-/m1/s1. The average Bonchev–Trinajstić information content (AvgIpc) is 3.01. The van der Waals surface area contributed by atoms with Crippen molar-refractivity contribution in [2.45, 2.75) is 11.8 Å². The molecule has 5 heteroatoms. The molecule has 0 saturated carbocycles.